The minimum atomic E-state index is -3.87. The van der Waals surface area contributed by atoms with Crippen LogP contribution in [0.5, 0.6) is 11.5 Å². The average Bonchev–Trinajstić information content (AvgIpc) is 2.67. The Labute approximate surface area is 171 Å². The lowest BCUT2D eigenvalue weighted by Gasteiger charge is -2.32. The van der Waals surface area contributed by atoms with Crippen LogP contribution in [0.2, 0.25) is 5.02 Å². The quantitative estimate of drug-likeness (QED) is 0.767. The van der Waals surface area contributed by atoms with Crippen LogP contribution in [0.1, 0.15) is 17.5 Å². The summed E-state index contributed by atoms with van der Waals surface area (Å²) in [6.07, 6.45) is 2.52. The molecule has 0 fully saturated rings. The molecule has 152 valence electrons. The second-order valence-corrected chi connectivity index (χ2v) is 9.12. The van der Waals surface area contributed by atoms with E-state index in [4.69, 9.17) is 21.1 Å². The molecule has 0 aliphatic heterocycles. The molecule has 28 heavy (non-hydrogen) atoms. The Morgan fingerprint density at radius 1 is 1.07 bits per heavy atom. The molecule has 1 atom stereocenters. The normalized spacial score (nSPS) is 16.6. The minimum absolute atomic E-state index is 0.00838. The molecule has 0 bridgehead atoms. The van der Waals surface area contributed by atoms with Gasteiger partial charge in [0.15, 0.2) is 0 Å². The second kappa shape index (κ2) is 8.19. The van der Waals surface area contributed by atoms with Crippen LogP contribution in [0.25, 0.3) is 0 Å². The molecule has 0 unspecified atom stereocenters. The molecule has 0 heterocycles. The number of rotatable bonds is 6. The molecule has 2 aromatic rings. The Kier molecular flexibility index (Phi) is 6.07. The van der Waals surface area contributed by atoms with E-state index in [1.54, 1.807) is 25.3 Å². The summed E-state index contributed by atoms with van der Waals surface area (Å²) in [5.41, 5.74) is 2.59. The van der Waals surface area contributed by atoms with E-state index in [1.165, 1.54) is 13.2 Å². The van der Waals surface area contributed by atoms with Gasteiger partial charge in [0.1, 0.15) is 16.4 Å². The van der Waals surface area contributed by atoms with Crippen LogP contribution in [-0.4, -0.2) is 47.7 Å². The van der Waals surface area contributed by atoms with Crippen LogP contribution in [0.3, 0.4) is 0 Å². The van der Waals surface area contributed by atoms with Crippen molar-refractivity contribution >= 4 is 27.3 Å². The van der Waals surface area contributed by atoms with E-state index in [2.05, 4.69) is 23.7 Å². The van der Waals surface area contributed by atoms with E-state index in [1.807, 2.05) is 6.07 Å². The SMILES string of the molecule is COc1ccc(Cl)cc1S(=O)(=O)Nc1ccc(OC)c2c1CC[C@H](N(C)C)C2. The first-order valence-corrected chi connectivity index (χ1v) is 10.8. The highest BCUT2D eigenvalue weighted by Crippen LogP contribution is 2.37. The molecule has 0 radical (unpaired) electrons. The molecule has 0 saturated heterocycles. The largest absolute Gasteiger partial charge is 0.496 e. The highest BCUT2D eigenvalue weighted by Gasteiger charge is 2.28. The molecule has 2 aromatic carbocycles. The number of hydrogen-bond acceptors (Lipinski definition) is 5. The minimum Gasteiger partial charge on any atom is -0.496 e. The first-order valence-electron chi connectivity index (χ1n) is 8.98. The third kappa shape index (κ3) is 4.06. The number of hydrogen-bond donors (Lipinski definition) is 1. The number of methoxy groups -OCH3 is 2. The fraction of sp³-hybridized carbons (Fsp3) is 0.400. The van der Waals surface area contributed by atoms with Gasteiger partial charge in [0.25, 0.3) is 10.0 Å². The number of fused-ring (bicyclic) bond motifs is 1. The van der Waals surface area contributed by atoms with Gasteiger partial charge in [-0.15, -0.1) is 0 Å². The number of sulfonamides is 1. The van der Waals surface area contributed by atoms with Crippen molar-refractivity contribution in [1.29, 1.82) is 0 Å². The number of benzene rings is 2. The number of halogens is 1. The molecule has 0 spiro atoms. The third-order valence-electron chi connectivity index (χ3n) is 5.17. The van der Waals surface area contributed by atoms with Gasteiger partial charge in [-0.3, -0.25) is 4.72 Å². The monoisotopic (exact) mass is 424 g/mol. The van der Waals surface area contributed by atoms with E-state index in [0.29, 0.717) is 16.8 Å². The Balaban J connectivity index is 2.02. The Morgan fingerprint density at radius 2 is 1.75 bits per heavy atom. The third-order valence-corrected chi connectivity index (χ3v) is 6.79. The maximum absolute atomic E-state index is 13.1. The predicted octanol–water partition coefficient (Wildman–Crippen LogP) is 3.58. The zero-order chi connectivity index (χ0) is 20.5. The first kappa shape index (κ1) is 20.8. The Bertz CT molecular complexity index is 976. The summed E-state index contributed by atoms with van der Waals surface area (Å²) in [6.45, 7) is 0. The summed E-state index contributed by atoms with van der Waals surface area (Å²) in [5.74, 6) is 1.02. The van der Waals surface area contributed by atoms with Gasteiger partial charge in [0.2, 0.25) is 0 Å². The summed E-state index contributed by atoms with van der Waals surface area (Å²) in [6, 6.07) is 8.48. The van der Waals surface area contributed by atoms with Gasteiger partial charge in [-0.25, -0.2) is 8.42 Å². The Hall–Kier alpha value is -1.96. The number of ether oxygens (including phenoxy) is 2. The maximum atomic E-state index is 13.1. The molecule has 6 nitrogen and oxygen atoms in total. The molecule has 0 saturated carbocycles. The molecular formula is C20H25ClN2O4S. The molecule has 8 heteroatoms. The molecule has 0 aromatic heterocycles. The number of nitrogens with zero attached hydrogens (tertiary/aromatic N) is 1. The van der Waals surface area contributed by atoms with E-state index in [-0.39, 0.29) is 10.6 Å². The van der Waals surface area contributed by atoms with Crippen LogP contribution in [0.4, 0.5) is 5.69 Å². The van der Waals surface area contributed by atoms with Crippen molar-refractivity contribution in [2.24, 2.45) is 0 Å². The smallest absolute Gasteiger partial charge is 0.265 e. The molecule has 1 N–H and O–H groups in total. The standard InChI is InChI=1S/C20H25ClN2O4S/c1-23(2)14-6-7-15-16(12-14)18(26-3)10-8-17(15)22-28(24,25)20-11-13(21)5-9-19(20)27-4/h5,8-11,14,22H,6-7,12H2,1-4H3/t14-/m0/s1. The van der Waals surface area contributed by atoms with Gasteiger partial charge in [-0.2, -0.15) is 0 Å². The summed E-state index contributed by atoms with van der Waals surface area (Å²) < 4.78 is 39.6. The van der Waals surface area contributed by atoms with Gasteiger partial charge >= 0.3 is 0 Å². The van der Waals surface area contributed by atoms with Gasteiger partial charge in [0.05, 0.1) is 19.9 Å². The van der Waals surface area contributed by atoms with E-state index < -0.39 is 10.0 Å². The number of nitrogens with one attached hydrogen (secondary N) is 1. The fourth-order valence-corrected chi connectivity index (χ4v) is 5.14. The highest BCUT2D eigenvalue weighted by molar-refractivity contribution is 7.92. The lowest BCUT2D eigenvalue weighted by molar-refractivity contribution is 0.265. The topological polar surface area (TPSA) is 67.9 Å². The lowest BCUT2D eigenvalue weighted by atomic mass is 9.86. The first-order chi connectivity index (χ1) is 13.3. The van der Waals surface area contributed by atoms with Gasteiger partial charge < -0.3 is 14.4 Å². The molecule has 0 amide bonds. The van der Waals surface area contributed by atoms with Gasteiger partial charge in [0, 0.05) is 16.6 Å². The molecule has 1 aliphatic rings. The van der Waals surface area contributed by atoms with Gasteiger partial charge in [-0.1, -0.05) is 11.6 Å². The predicted molar refractivity (Wildman–Crippen MR) is 111 cm³/mol. The van der Waals surface area contributed by atoms with Crippen molar-refractivity contribution in [1.82, 2.24) is 4.90 Å². The van der Waals surface area contributed by atoms with Crippen molar-refractivity contribution in [3.8, 4) is 11.5 Å². The zero-order valence-electron chi connectivity index (χ0n) is 16.5. The molecule has 3 rings (SSSR count). The number of likely N-dealkylation sites (N-methyl/N-ethyl adjacent to an activating group) is 1. The zero-order valence-corrected chi connectivity index (χ0v) is 18.0. The van der Waals surface area contributed by atoms with E-state index >= 15 is 0 Å². The van der Waals surface area contributed by atoms with Crippen molar-refractivity contribution in [2.45, 2.75) is 30.2 Å². The second-order valence-electron chi connectivity index (χ2n) is 7.03. The van der Waals surface area contributed by atoms with Crippen LogP contribution in [-0.2, 0) is 22.9 Å². The lowest BCUT2D eigenvalue weighted by Crippen LogP contribution is -2.34. The van der Waals surface area contributed by atoms with E-state index in [9.17, 15) is 8.42 Å². The molecular weight excluding hydrogens is 400 g/mol. The maximum Gasteiger partial charge on any atom is 0.265 e. The summed E-state index contributed by atoms with van der Waals surface area (Å²) in [7, 11) is 3.30. The van der Waals surface area contributed by atoms with Crippen LogP contribution in [0.15, 0.2) is 35.2 Å². The van der Waals surface area contributed by atoms with Crippen molar-refractivity contribution in [3.63, 3.8) is 0 Å². The van der Waals surface area contributed by atoms with Crippen molar-refractivity contribution in [2.75, 3.05) is 33.0 Å². The van der Waals surface area contributed by atoms with Crippen LogP contribution < -0.4 is 14.2 Å². The highest BCUT2D eigenvalue weighted by atomic mass is 35.5. The summed E-state index contributed by atoms with van der Waals surface area (Å²) in [5, 5.41) is 0.326. The Morgan fingerprint density at radius 3 is 2.39 bits per heavy atom. The fourth-order valence-electron chi connectivity index (χ4n) is 3.62. The average molecular weight is 425 g/mol. The van der Waals surface area contributed by atoms with Crippen LogP contribution >= 0.6 is 11.6 Å². The molecule has 1 aliphatic carbocycles. The number of anilines is 1. The van der Waals surface area contributed by atoms with E-state index in [0.717, 1.165) is 36.1 Å². The van der Waals surface area contributed by atoms with Crippen molar-refractivity contribution < 1.29 is 17.9 Å². The van der Waals surface area contributed by atoms with Gasteiger partial charge in [-0.05, 0) is 69.3 Å². The summed E-state index contributed by atoms with van der Waals surface area (Å²) >= 11 is 6.01. The summed E-state index contributed by atoms with van der Waals surface area (Å²) in [4.78, 5) is 2.20. The van der Waals surface area contributed by atoms with Crippen LogP contribution in [0, 0.1) is 0 Å². The van der Waals surface area contributed by atoms with Crippen molar-refractivity contribution in [3.05, 3.63) is 46.5 Å².